The van der Waals surface area contributed by atoms with E-state index in [9.17, 15) is 4.79 Å². The number of hydrogen-bond donors (Lipinski definition) is 0. The molecule has 0 aliphatic carbocycles. The van der Waals surface area contributed by atoms with Crippen LogP contribution < -0.4 is 0 Å². The summed E-state index contributed by atoms with van der Waals surface area (Å²) in [6.07, 6.45) is 4.59. The summed E-state index contributed by atoms with van der Waals surface area (Å²) < 4.78 is 2.53. The molecule has 0 N–H and O–H groups in total. The van der Waals surface area contributed by atoms with Gasteiger partial charge in [0.25, 0.3) is 0 Å². The van der Waals surface area contributed by atoms with Crippen LogP contribution in [0.25, 0.3) is 0 Å². The average Bonchev–Trinajstić information content (AvgIpc) is 2.70. The van der Waals surface area contributed by atoms with E-state index < -0.39 is 0 Å². The lowest BCUT2D eigenvalue weighted by Crippen LogP contribution is -2.09. The molecule has 2 rings (SSSR count). The van der Waals surface area contributed by atoms with Crippen molar-refractivity contribution in [2.45, 2.75) is 19.8 Å². The minimum Gasteiger partial charge on any atom is -0.292 e. The zero-order chi connectivity index (χ0) is 13.1. The molecule has 0 radical (unpaired) electrons. The summed E-state index contributed by atoms with van der Waals surface area (Å²) in [6.45, 7) is 2.02. The molecule has 0 bridgehead atoms. The minimum absolute atomic E-state index is 0.0598. The van der Waals surface area contributed by atoms with E-state index in [1.165, 1.54) is 0 Å². The molecule has 94 valence electrons. The van der Waals surface area contributed by atoms with Crippen molar-refractivity contribution in [2.75, 3.05) is 0 Å². The fraction of sp³-hybridized carbons (Fsp3) is 0.308. The number of hydrogen-bond acceptors (Lipinski definition) is 3. The maximum atomic E-state index is 12.2. The molecule has 4 nitrogen and oxygen atoms in total. The van der Waals surface area contributed by atoms with Crippen LogP contribution >= 0.6 is 15.9 Å². The summed E-state index contributed by atoms with van der Waals surface area (Å²) in [6, 6.07) is 3.76. The first-order valence-electron chi connectivity index (χ1n) is 5.75. The fourth-order valence-corrected chi connectivity index (χ4v) is 2.20. The third-order valence-electron chi connectivity index (χ3n) is 2.70. The van der Waals surface area contributed by atoms with Crippen LogP contribution in [0.15, 0.2) is 29.0 Å². The third-order valence-corrected chi connectivity index (χ3v) is 3.14. The van der Waals surface area contributed by atoms with E-state index in [1.54, 1.807) is 24.1 Å². The van der Waals surface area contributed by atoms with Crippen molar-refractivity contribution in [3.63, 3.8) is 0 Å². The van der Waals surface area contributed by atoms with Gasteiger partial charge in [0.1, 0.15) is 5.69 Å². The summed E-state index contributed by atoms with van der Waals surface area (Å²) in [5, 5.41) is 4.28. The maximum Gasteiger partial charge on any atom is 0.185 e. The number of rotatable bonds is 4. The number of carbonyl (C=O) groups is 1. The molecule has 5 heteroatoms. The van der Waals surface area contributed by atoms with Gasteiger partial charge in [0.05, 0.1) is 5.69 Å². The van der Waals surface area contributed by atoms with Gasteiger partial charge in [-0.1, -0.05) is 6.92 Å². The van der Waals surface area contributed by atoms with Gasteiger partial charge in [0, 0.05) is 30.3 Å². The zero-order valence-electron chi connectivity index (χ0n) is 10.4. The normalized spacial score (nSPS) is 10.6. The molecular weight excluding hydrogens is 294 g/mol. The van der Waals surface area contributed by atoms with Crippen molar-refractivity contribution < 1.29 is 4.79 Å². The molecule has 0 spiro atoms. The Bertz CT molecular complexity index is 577. The second-order valence-corrected chi connectivity index (χ2v) is 5.03. The first-order chi connectivity index (χ1) is 8.60. The number of pyridine rings is 1. The van der Waals surface area contributed by atoms with E-state index in [0.717, 1.165) is 22.2 Å². The van der Waals surface area contributed by atoms with E-state index in [4.69, 9.17) is 0 Å². The van der Waals surface area contributed by atoms with Gasteiger partial charge in [-0.15, -0.1) is 0 Å². The molecule has 0 amide bonds. The van der Waals surface area contributed by atoms with Crippen LogP contribution in [0.1, 0.15) is 28.7 Å². The van der Waals surface area contributed by atoms with Crippen molar-refractivity contribution in [3.05, 3.63) is 46.0 Å². The van der Waals surface area contributed by atoms with E-state index >= 15 is 0 Å². The van der Waals surface area contributed by atoms with Crippen molar-refractivity contribution in [2.24, 2.45) is 7.05 Å². The van der Waals surface area contributed by atoms with Gasteiger partial charge in [0.15, 0.2) is 5.78 Å². The highest BCUT2D eigenvalue weighted by molar-refractivity contribution is 9.10. The molecular formula is C13H14BrN3O. The lowest BCUT2D eigenvalue weighted by molar-refractivity contribution is 0.0984. The standard InChI is InChI=1S/C13H14BrN3O/c1-3-11-6-12(17(2)16-11)13(18)5-9-4-10(14)8-15-7-9/h4,6-8H,3,5H2,1-2H3. The molecule has 2 heterocycles. The van der Waals surface area contributed by atoms with Crippen molar-refractivity contribution in [1.29, 1.82) is 0 Å². The Balaban J connectivity index is 2.19. The number of carbonyl (C=O) groups excluding carboxylic acids is 1. The van der Waals surface area contributed by atoms with E-state index in [1.807, 2.05) is 19.1 Å². The van der Waals surface area contributed by atoms with Crippen molar-refractivity contribution in [3.8, 4) is 0 Å². The first kappa shape index (κ1) is 13.0. The zero-order valence-corrected chi connectivity index (χ0v) is 11.9. The van der Waals surface area contributed by atoms with Crippen LogP contribution in [0.3, 0.4) is 0 Å². The van der Waals surface area contributed by atoms with Gasteiger partial charge in [-0.2, -0.15) is 5.10 Å². The Labute approximate surface area is 114 Å². The molecule has 0 aliphatic heterocycles. The smallest absolute Gasteiger partial charge is 0.185 e. The summed E-state index contributed by atoms with van der Waals surface area (Å²) in [7, 11) is 1.80. The molecule has 2 aromatic heterocycles. The fourth-order valence-electron chi connectivity index (χ4n) is 1.79. The molecule has 0 aromatic carbocycles. The van der Waals surface area contributed by atoms with Crippen LogP contribution in [0.4, 0.5) is 0 Å². The Morgan fingerprint density at radius 1 is 1.39 bits per heavy atom. The largest absolute Gasteiger partial charge is 0.292 e. The van der Waals surface area contributed by atoms with Gasteiger partial charge in [0.2, 0.25) is 0 Å². The van der Waals surface area contributed by atoms with Crippen molar-refractivity contribution >= 4 is 21.7 Å². The molecule has 2 aromatic rings. The van der Waals surface area contributed by atoms with Crippen LogP contribution in [0, 0.1) is 0 Å². The van der Waals surface area contributed by atoms with E-state index in [2.05, 4.69) is 26.0 Å². The summed E-state index contributed by atoms with van der Waals surface area (Å²) in [5.74, 6) is 0.0598. The highest BCUT2D eigenvalue weighted by Crippen LogP contribution is 2.13. The highest BCUT2D eigenvalue weighted by atomic mass is 79.9. The molecule has 0 aliphatic rings. The Morgan fingerprint density at radius 3 is 2.78 bits per heavy atom. The average molecular weight is 308 g/mol. The molecule has 0 fully saturated rings. The second-order valence-electron chi connectivity index (χ2n) is 4.11. The number of aromatic nitrogens is 3. The second kappa shape index (κ2) is 5.44. The van der Waals surface area contributed by atoms with E-state index in [0.29, 0.717) is 12.1 Å². The van der Waals surface area contributed by atoms with E-state index in [-0.39, 0.29) is 5.78 Å². The van der Waals surface area contributed by atoms with Gasteiger partial charge in [-0.25, -0.2) is 0 Å². The Kier molecular flexibility index (Phi) is 3.91. The molecule has 0 unspecified atom stereocenters. The van der Waals surface area contributed by atoms with Crippen LogP contribution in [0.2, 0.25) is 0 Å². The van der Waals surface area contributed by atoms with Gasteiger partial charge in [-0.05, 0) is 40.0 Å². The number of aryl methyl sites for hydroxylation is 2. The van der Waals surface area contributed by atoms with Gasteiger partial charge in [-0.3, -0.25) is 14.5 Å². The number of ketones is 1. The van der Waals surface area contributed by atoms with Crippen LogP contribution in [0.5, 0.6) is 0 Å². The minimum atomic E-state index is 0.0598. The lowest BCUT2D eigenvalue weighted by atomic mass is 10.1. The predicted octanol–water partition coefficient (Wildman–Crippen LogP) is 2.57. The Hall–Kier alpha value is -1.49. The topological polar surface area (TPSA) is 47.8 Å². The monoisotopic (exact) mass is 307 g/mol. The third kappa shape index (κ3) is 2.85. The SMILES string of the molecule is CCc1cc(C(=O)Cc2cncc(Br)c2)n(C)n1. The van der Waals surface area contributed by atoms with Crippen LogP contribution in [-0.4, -0.2) is 20.5 Å². The maximum absolute atomic E-state index is 12.2. The molecule has 0 saturated carbocycles. The number of nitrogens with zero attached hydrogens (tertiary/aromatic N) is 3. The van der Waals surface area contributed by atoms with Crippen LogP contribution in [-0.2, 0) is 19.9 Å². The van der Waals surface area contributed by atoms with Gasteiger partial charge >= 0.3 is 0 Å². The van der Waals surface area contributed by atoms with Crippen molar-refractivity contribution in [1.82, 2.24) is 14.8 Å². The quantitative estimate of drug-likeness (QED) is 0.816. The van der Waals surface area contributed by atoms with Gasteiger partial charge < -0.3 is 0 Å². The predicted molar refractivity (Wildman–Crippen MR) is 72.6 cm³/mol. The Morgan fingerprint density at radius 2 is 2.17 bits per heavy atom. The summed E-state index contributed by atoms with van der Waals surface area (Å²) in [4.78, 5) is 16.2. The first-order valence-corrected chi connectivity index (χ1v) is 6.55. The summed E-state index contributed by atoms with van der Waals surface area (Å²) in [5.41, 5.74) is 2.48. The summed E-state index contributed by atoms with van der Waals surface area (Å²) >= 11 is 3.35. The molecule has 0 atom stereocenters. The number of halogens is 1. The molecule has 0 saturated heterocycles. The molecule has 18 heavy (non-hydrogen) atoms. The number of Topliss-reactive ketones (excluding diaryl/α,β-unsaturated/α-hetero) is 1. The highest BCUT2D eigenvalue weighted by Gasteiger charge is 2.13. The lowest BCUT2D eigenvalue weighted by Gasteiger charge is -2.01.